The van der Waals surface area contributed by atoms with Crippen molar-refractivity contribution in [3.63, 3.8) is 0 Å². The lowest BCUT2D eigenvalue weighted by atomic mass is 9.80. The van der Waals surface area contributed by atoms with E-state index in [0.29, 0.717) is 5.46 Å². The molecule has 0 spiro atoms. The standard InChI is InChI=1S/C18H29BO2.2C8H19N/c1-2-3-4-5-6-7-8-9-10-11-12-17-13-15-18(16-14-17)19(20)21;2*1-7(2)5-9-6-8(3)4/h13-16H,2-12H2,1H3;2*7-9H,5-6H2,1-4H3/q-2;;/p+2. The second-order valence-corrected chi connectivity index (χ2v) is 13.1. The number of nitrogens with two attached hydrogens (primary N) is 2. The van der Waals surface area contributed by atoms with E-state index in [1.165, 1.54) is 96.0 Å². The minimum absolute atomic E-state index is 0.349. The van der Waals surface area contributed by atoms with Crippen LogP contribution in [0.2, 0.25) is 0 Å². The van der Waals surface area contributed by atoms with Gasteiger partial charge in [-0.1, -0.05) is 151 Å². The molecule has 1 aromatic carbocycles. The van der Waals surface area contributed by atoms with Crippen molar-refractivity contribution in [1.29, 1.82) is 0 Å². The fourth-order valence-electron chi connectivity index (χ4n) is 4.18. The summed E-state index contributed by atoms with van der Waals surface area (Å²) in [5.74, 6) is 3.35. The lowest BCUT2D eigenvalue weighted by Gasteiger charge is -2.26. The number of hydrogen-bond acceptors (Lipinski definition) is 2. The average molecular weight is 549 g/mol. The van der Waals surface area contributed by atoms with Gasteiger partial charge in [0.05, 0.1) is 26.2 Å². The maximum atomic E-state index is 10.7. The summed E-state index contributed by atoms with van der Waals surface area (Å²) >= 11 is 0. The third kappa shape index (κ3) is 33.2. The van der Waals surface area contributed by atoms with Crippen LogP contribution < -0.4 is 26.1 Å². The van der Waals surface area contributed by atoms with Gasteiger partial charge in [0.25, 0.3) is 0 Å². The topological polar surface area (TPSA) is 79.3 Å². The summed E-state index contributed by atoms with van der Waals surface area (Å²) < 4.78 is 0. The van der Waals surface area contributed by atoms with Gasteiger partial charge in [0.1, 0.15) is 0 Å². The van der Waals surface area contributed by atoms with Gasteiger partial charge < -0.3 is 20.7 Å². The number of unbranched alkanes of at least 4 members (excludes halogenated alkanes) is 9. The SMILES string of the molecule is CC(C)C[NH2+]CC(C)C.CC(C)C[NH2+]CC(C)C.CCCCCCCCCCCCc1ccc(B([O-])[O-])cc1. The molecule has 0 saturated carbocycles. The van der Waals surface area contributed by atoms with Gasteiger partial charge in [-0.15, -0.1) is 5.46 Å². The van der Waals surface area contributed by atoms with Crippen LogP contribution in [0, 0.1) is 23.7 Å². The number of rotatable bonds is 20. The van der Waals surface area contributed by atoms with E-state index in [-0.39, 0.29) is 0 Å². The zero-order chi connectivity index (χ0) is 29.9. The van der Waals surface area contributed by atoms with Crippen molar-refractivity contribution in [3.8, 4) is 0 Å². The van der Waals surface area contributed by atoms with Crippen LogP contribution in [-0.4, -0.2) is 33.3 Å². The maximum Gasteiger partial charge on any atom is 0.0778 e. The highest BCUT2D eigenvalue weighted by Gasteiger charge is 1.99. The van der Waals surface area contributed by atoms with Gasteiger partial charge in [0.15, 0.2) is 0 Å². The molecule has 0 heterocycles. The Morgan fingerprint density at radius 1 is 0.538 bits per heavy atom. The van der Waals surface area contributed by atoms with Crippen molar-refractivity contribution in [2.24, 2.45) is 23.7 Å². The number of benzene rings is 1. The molecule has 1 aromatic rings. The fourth-order valence-corrected chi connectivity index (χ4v) is 4.18. The van der Waals surface area contributed by atoms with Crippen LogP contribution in [0.3, 0.4) is 0 Å². The highest BCUT2D eigenvalue weighted by atomic mass is 16.4. The largest absolute Gasteiger partial charge is 0.889 e. The van der Waals surface area contributed by atoms with E-state index in [4.69, 9.17) is 0 Å². The summed E-state index contributed by atoms with van der Waals surface area (Å²) in [5.41, 5.74) is 1.58. The van der Waals surface area contributed by atoms with E-state index in [1.807, 2.05) is 12.1 Å². The quantitative estimate of drug-likeness (QED) is 0.188. The molecule has 0 amide bonds. The first-order valence-electron chi connectivity index (χ1n) is 16.5. The van der Waals surface area contributed by atoms with E-state index in [1.54, 1.807) is 12.1 Å². The molecule has 0 atom stereocenters. The molecule has 1 rings (SSSR count). The molecular weight excluding hydrogens is 479 g/mol. The second kappa shape index (κ2) is 28.6. The Hall–Kier alpha value is -0.875. The number of quaternary nitrogens is 2. The van der Waals surface area contributed by atoms with E-state index < -0.39 is 7.12 Å². The van der Waals surface area contributed by atoms with Gasteiger partial charge >= 0.3 is 0 Å². The van der Waals surface area contributed by atoms with Crippen molar-refractivity contribution in [1.82, 2.24) is 0 Å². The third-order valence-corrected chi connectivity index (χ3v) is 6.62. The average Bonchev–Trinajstić information content (AvgIpc) is 2.85. The molecule has 5 heteroatoms. The first kappa shape index (κ1) is 40.3. The minimum atomic E-state index is -1.85. The Kier molecular flexibility index (Phi) is 29.6. The Morgan fingerprint density at radius 3 is 1.18 bits per heavy atom. The summed E-state index contributed by atoms with van der Waals surface area (Å²) in [4.78, 5) is 0. The van der Waals surface area contributed by atoms with Crippen molar-refractivity contribution < 1.29 is 20.7 Å². The molecule has 39 heavy (non-hydrogen) atoms. The Balaban J connectivity index is 0. The highest BCUT2D eigenvalue weighted by molar-refractivity contribution is 6.55. The Bertz CT molecular complexity index is 570. The van der Waals surface area contributed by atoms with Gasteiger partial charge in [-0.2, -0.15) is 0 Å². The molecule has 0 bridgehead atoms. The van der Waals surface area contributed by atoms with Crippen molar-refractivity contribution in [3.05, 3.63) is 29.8 Å². The van der Waals surface area contributed by atoms with Crippen LogP contribution >= 0.6 is 0 Å². The van der Waals surface area contributed by atoms with Crippen LogP contribution in [0.5, 0.6) is 0 Å². The smallest absolute Gasteiger partial charge is 0.0778 e. The molecule has 0 aliphatic rings. The first-order valence-corrected chi connectivity index (χ1v) is 16.5. The lowest BCUT2D eigenvalue weighted by Crippen LogP contribution is -2.86. The summed E-state index contributed by atoms with van der Waals surface area (Å²) in [7, 11) is -1.85. The molecular formula is C34H69BN2O2. The van der Waals surface area contributed by atoms with Gasteiger partial charge in [0.2, 0.25) is 0 Å². The fraction of sp³-hybridized carbons (Fsp3) is 0.824. The molecule has 0 aromatic heterocycles. The lowest BCUT2D eigenvalue weighted by molar-refractivity contribution is -0.664. The first-order chi connectivity index (χ1) is 18.5. The molecule has 0 aliphatic carbocycles. The zero-order valence-electron chi connectivity index (χ0n) is 27.8. The Morgan fingerprint density at radius 2 is 0.872 bits per heavy atom. The molecule has 0 radical (unpaired) electrons. The van der Waals surface area contributed by atoms with Gasteiger partial charge in [-0.3, -0.25) is 0 Å². The van der Waals surface area contributed by atoms with E-state index in [2.05, 4.69) is 72.9 Å². The van der Waals surface area contributed by atoms with E-state index >= 15 is 0 Å². The minimum Gasteiger partial charge on any atom is -0.889 e. The maximum absolute atomic E-state index is 10.7. The molecule has 4 N–H and O–H groups in total. The normalized spacial score (nSPS) is 11.1. The summed E-state index contributed by atoms with van der Waals surface area (Å²) in [5, 5.41) is 26.3. The van der Waals surface area contributed by atoms with Crippen LogP contribution in [-0.2, 0) is 6.42 Å². The summed E-state index contributed by atoms with van der Waals surface area (Å²) in [6.07, 6.45) is 14.5. The van der Waals surface area contributed by atoms with Gasteiger partial charge in [0, 0.05) is 23.7 Å². The molecule has 0 fully saturated rings. The summed E-state index contributed by atoms with van der Waals surface area (Å²) in [6, 6.07) is 7.20. The molecule has 230 valence electrons. The van der Waals surface area contributed by atoms with Gasteiger partial charge in [-0.05, 0) is 18.4 Å². The van der Waals surface area contributed by atoms with Crippen LogP contribution in [0.4, 0.5) is 0 Å². The van der Waals surface area contributed by atoms with E-state index in [9.17, 15) is 10.0 Å². The molecule has 0 saturated heterocycles. The second-order valence-electron chi connectivity index (χ2n) is 13.1. The molecule has 0 aliphatic heterocycles. The van der Waals surface area contributed by atoms with Crippen molar-refractivity contribution in [2.75, 3.05) is 26.2 Å². The Labute approximate surface area is 245 Å². The highest BCUT2D eigenvalue weighted by Crippen LogP contribution is 2.12. The predicted octanol–water partition coefficient (Wildman–Crippen LogP) is 4.29. The molecule has 0 unspecified atom stereocenters. The van der Waals surface area contributed by atoms with Crippen LogP contribution in [0.1, 0.15) is 132 Å². The monoisotopic (exact) mass is 549 g/mol. The predicted molar refractivity (Wildman–Crippen MR) is 170 cm³/mol. The summed E-state index contributed by atoms with van der Waals surface area (Å²) in [6.45, 7) is 25.4. The molecule has 4 nitrogen and oxygen atoms in total. The number of hydrogen-bond donors (Lipinski definition) is 2. The number of aryl methyl sites for hydroxylation is 1. The zero-order valence-corrected chi connectivity index (χ0v) is 27.8. The van der Waals surface area contributed by atoms with Crippen molar-refractivity contribution in [2.45, 2.75) is 133 Å². The van der Waals surface area contributed by atoms with Crippen molar-refractivity contribution >= 4 is 12.6 Å². The van der Waals surface area contributed by atoms with Gasteiger partial charge in [-0.25, -0.2) is 0 Å². The van der Waals surface area contributed by atoms with Crippen LogP contribution in [0.15, 0.2) is 24.3 Å². The van der Waals surface area contributed by atoms with E-state index in [0.717, 1.165) is 30.1 Å². The van der Waals surface area contributed by atoms with Crippen LogP contribution in [0.25, 0.3) is 0 Å². The third-order valence-electron chi connectivity index (χ3n) is 6.62.